The van der Waals surface area contributed by atoms with Crippen molar-refractivity contribution in [1.29, 1.82) is 0 Å². The van der Waals surface area contributed by atoms with Gasteiger partial charge >= 0.3 is 0 Å². The average molecular weight is 147 g/mol. The molecule has 1 rings (SSSR count). The first kappa shape index (κ1) is 6.52. The van der Waals surface area contributed by atoms with Crippen molar-refractivity contribution in [2.24, 2.45) is 0 Å². The van der Waals surface area contributed by atoms with Crippen molar-refractivity contribution in [3.63, 3.8) is 0 Å². The maximum Gasteiger partial charge on any atom is 0.202 e. The molecule has 1 aromatic rings. The van der Waals surface area contributed by atoms with Crippen molar-refractivity contribution in [2.75, 3.05) is 0 Å². The van der Waals surface area contributed by atoms with Gasteiger partial charge in [-0.1, -0.05) is 17.7 Å². The van der Waals surface area contributed by atoms with Crippen LogP contribution in [0.1, 0.15) is 0 Å². The molecule has 0 saturated carbocycles. The molecular formula is C6H6ClFN+. The highest BCUT2D eigenvalue weighted by molar-refractivity contribution is 6.30. The second-order valence-corrected chi connectivity index (χ2v) is 2.12. The molecule has 0 aromatic heterocycles. The molecular weight excluding hydrogens is 141 g/mol. The van der Waals surface area contributed by atoms with E-state index in [1.165, 1.54) is 6.07 Å². The van der Waals surface area contributed by atoms with Crippen LogP contribution >= 0.6 is 11.6 Å². The van der Waals surface area contributed by atoms with Gasteiger partial charge in [-0.2, -0.15) is 4.39 Å². The fraction of sp³-hybridized carbons (Fsp3) is 0. The fourth-order valence-electron chi connectivity index (χ4n) is 0.548. The highest BCUT2D eigenvalue weighted by Crippen LogP contribution is 2.17. The first-order valence-corrected chi connectivity index (χ1v) is 2.85. The van der Waals surface area contributed by atoms with E-state index in [-0.39, 0.29) is 5.02 Å². The van der Waals surface area contributed by atoms with Crippen molar-refractivity contribution in [2.45, 2.75) is 0 Å². The summed E-state index contributed by atoms with van der Waals surface area (Å²) in [6, 6.07) is 4.72. The molecule has 0 fully saturated rings. The largest absolute Gasteiger partial charge is 0.323 e. The van der Waals surface area contributed by atoms with E-state index in [1.807, 2.05) is 0 Å². The Morgan fingerprint density at radius 2 is 2.11 bits per heavy atom. The molecule has 9 heavy (non-hydrogen) atoms. The zero-order chi connectivity index (χ0) is 6.85. The van der Waals surface area contributed by atoms with Crippen LogP contribution in [-0.4, -0.2) is 0 Å². The van der Waals surface area contributed by atoms with Gasteiger partial charge in [-0.3, -0.25) is 0 Å². The van der Waals surface area contributed by atoms with Gasteiger partial charge in [0, 0.05) is 6.07 Å². The normalized spacial score (nSPS) is 9.67. The van der Waals surface area contributed by atoms with Crippen LogP contribution in [0, 0.1) is 5.82 Å². The number of rotatable bonds is 0. The lowest BCUT2D eigenvalue weighted by Gasteiger charge is -1.91. The summed E-state index contributed by atoms with van der Waals surface area (Å²) in [4.78, 5) is 0. The average Bonchev–Trinajstić information content (AvgIpc) is 1.83. The third-order valence-corrected chi connectivity index (χ3v) is 1.32. The van der Waals surface area contributed by atoms with Gasteiger partial charge in [0.1, 0.15) is 0 Å². The van der Waals surface area contributed by atoms with Crippen LogP contribution in [0.2, 0.25) is 5.02 Å². The van der Waals surface area contributed by atoms with Crippen LogP contribution in [0.25, 0.3) is 0 Å². The fourth-order valence-corrected chi connectivity index (χ4v) is 0.743. The number of halogens is 2. The second kappa shape index (κ2) is 2.33. The standard InChI is InChI=1S/C6H5ClFN/c7-4-2-1-3-5(9)6(4)8/h1-3H,9H2/p+1. The minimum absolute atomic E-state index is 0.127. The summed E-state index contributed by atoms with van der Waals surface area (Å²) in [6.07, 6.45) is 0. The van der Waals surface area contributed by atoms with Crippen LogP contribution in [0.3, 0.4) is 0 Å². The van der Waals surface area contributed by atoms with E-state index in [1.54, 1.807) is 12.1 Å². The third-order valence-electron chi connectivity index (χ3n) is 1.03. The minimum Gasteiger partial charge on any atom is -0.323 e. The summed E-state index contributed by atoms with van der Waals surface area (Å²) in [7, 11) is 0. The summed E-state index contributed by atoms with van der Waals surface area (Å²) >= 11 is 5.40. The molecule has 1 nitrogen and oxygen atoms in total. The molecule has 0 aliphatic carbocycles. The highest BCUT2D eigenvalue weighted by Gasteiger charge is 2.03. The van der Waals surface area contributed by atoms with E-state index in [0.29, 0.717) is 5.69 Å². The molecule has 0 unspecified atom stereocenters. The van der Waals surface area contributed by atoms with E-state index in [9.17, 15) is 4.39 Å². The minimum atomic E-state index is -0.431. The lowest BCUT2D eigenvalue weighted by atomic mass is 10.3. The van der Waals surface area contributed by atoms with Gasteiger partial charge in [-0.25, -0.2) is 0 Å². The Balaban J connectivity index is 3.25. The predicted molar refractivity (Wildman–Crippen MR) is 34.0 cm³/mol. The lowest BCUT2D eigenvalue weighted by Crippen LogP contribution is -2.41. The molecule has 0 spiro atoms. The van der Waals surface area contributed by atoms with Crippen molar-refractivity contribution in [3.8, 4) is 0 Å². The summed E-state index contributed by atoms with van der Waals surface area (Å²) in [5.74, 6) is -0.431. The first-order chi connectivity index (χ1) is 4.22. The Morgan fingerprint density at radius 1 is 1.44 bits per heavy atom. The van der Waals surface area contributed by atoms with Crippen molar-refractivity contribution < 1.29 is 10.1 Å². The molecule has 0 aliphatic rings. The monoisotopic (exact) mass is 146 g/mol. The summed E-state index contributed by atoms with van der Waals surface area (Å²) < 4.78 is 12.5. The van der Waals surface area contributed by atoms with Gasteiger partial charge in [-0.05, 0) is 6.07 Å². The first-order valence-electron chi connectivity index (χ1n) is 2.48. The molecule has 1 aromatic carbocycles. The van der Waals surface area contributed by atoms with E-state index in [4.69, 9.17) is 11.6 Å². The zero-order valence-electron chi connectivity index (χ0n) is 4.70. The van der Waals surface area contributed by atoms with Crippen LogP contribution in [0.4, 0.5) is 10.1 Å². The quantitative estimate of drug-likeness (QED) is 0.573. The Hall–Kier alpha value is -0.600. The molecule has 48 valence electrons. The number of benzene rings is 1. The predicted octanol–water partition coefficient (Wildman–Crippen LogP) is 1.35. The number of hydrogen-bond acceptors (Lipinski definition) is 0. The Kier molecular flexibility index (Phi) is 1.69. The van der Waals surface area contributed by atoms with Gasteiger partial charge in [-0.15, -0.1) is 0 Å². The SMILES string of the molecule is [NH3+]c1cccc(Cl)c1F. The van der Waals surface area contributed by atoms with Crippen LogP contribution in [-0.2, 0) is 0 Å². The van der Waals surface area contributed by atoms with E-state index < -0.39 is 5.82 Å². The Labute approximate surface area is 57.2 Å². The van der Waals surface area contributed by atoms with Gasteiger partial charge in [0.2, 0.25) is 5.82 Å². The number of quaternary nitrogens is 1. The van der Waals surface area contributed by atoms with Gasteiger partial charge in [0.15, 0.2) is 5.69 Å². The van der Waals surface area contributed by atoms with Crippen molar-refractivity contribution >= 4 is 17.3 Å². The summed E-state index contributed by atoms with van der Waals surface area (Å²) in [6.45, 7) is 0. The van der Waals surface area contributed by atoms with Gasteiger partial charge in [0.05, 0.1) is 5.02 Å². The van der Waals surface area contributed by atoms with Crippen molar-refractivity contribution in [3.05, 3.63) is 29.0 Å². The molecule has 0 bridgehead atoms. The van der Waals surface area contributed by atoms with E-state index >= 15 is 0 Å². The molecule has 0 radical (unpaired) electrons. The highest BCUT2D eigenvalue weighted by atomic mass is 35.5. The van der Waals surface area contributed by atoms with Crippen molar-refractivity contribution in [1.82, 2.24) is 0 Å². The second-order valence-electron chi connectivity index (χ2n) is 1.71. The maximum absolute atomic E-state index is 12.5. The summed E-state index contributed by atoms with van der Waals surface area (Å²) in [5.41, 5.74) is 3.76. The van der Waals surface area contributed by atoms with Gasteiger partial charge in [0.25, 0.3) is 0 Å². The Bertz CT molecular complexity index is 204. The van der Waals surface area contributed by atoms with Gasteiger partial charge < -0.3 is 5.73 Å². The number of hydrogen-bond donors (Lipinski definition) is 1. The molecule has 0 saturated heterocycles. The molecule has 0 aliphatic heterocycles. The van der Waals surface area contributed by atoms with E-state index in [2.05, 4.69) is 5.73 Å². The molecule has 0 atom stereocenters. The van der Waals surface area contributed by atoms with Crippen LogP contribution in [0.5, 0.6) is 0 Å². The topological polar surface area (TPSA) is 27.6 Å². The maximum atomic E-state index is 12.5. The molecule has 3 N–H and O–H groups in total. The Morgan fingerprint density at radius 3 is 2.56 bits per heavy atom. The summed E-state index contributed by atoms with van der Waals surface area (Å²) in [5, 5.41) is 0.127. The lowest BCUT2D eigenvalue weighted by molar-refractivity contribution is -0.258. The third kappa shape index (κ3) is 1.20. The smallest absolute Gasteiger partial charge is 0.202 e. The van der Waals surface area contributed by atoms with Crippen LogP contribution in [0.15, 0.2) is 18.2 Å². The van der Waals surface area contributed by atoms with Crippen LogP contribution < -0.4 is 5.73 Å². The molecule has 0 amide bonds. The molecule has 3 heteroatoms. The van der Waals surface area contributed by atoms with E-state index in [0.717, 1.165) is 0 Å². The molecule has 0 heterocycles. The zero-order valence-corrected chi connectivity index (χ0v) is 5.45.